The molecule has 1 aromatic heterocycles. The van der Waals surface area contributed by atoms with Crippen LogP contribution in [0.15, 0.2) is 48.5 Å². The summed E-state index contributed by atoms with van der Waals surface area (Å²) in [6.07, 6.45) is 0. The largest absolute Gasteiger partial charge is 0.320 e. The number of hydrogen-bond donors (Lipinski definition) is 2. The lowest BCUT2D eigenvalue weighted by molar-refractivity contribution is 0.102. The van der Waals surface area contributed by atoms with Gasteiger partial charge < -0.3 is 5.32 Å². The Morgan fingerprint density at radius 2 is 1.91 bits per heavy atom. The summed E-state index contributed by atoms with van der Waals surface area (Å²) in [6, 6.07) is 14.3. The molecular weight excluding hydrogens is 333 g/mol. The van der Waals surface area contributed by atoms with Gasteiger partial charge in [0, 0.05) is 21.3 Å². The van der Waals surface area contributed by atoms with E-state index in [-0.39, 0.29) is 5.91 Å². The first-order valence-electron chi connectivity index (χ1n) is 6.92. The van der Waals surface area contributed by atoms with E-state index < -0.39 is 0 Å². The van der Waals surface area contributed by atoms with Crippen molar-refractivity contribution in [3.05, 3.63) is 69.8 Å². The smallest absolute Gasteiger partial charge is 0.273 e. The van der Waals surface area contributed by atoms with Crippen molar-refractivity contribution in [1.82, 2.24) is 10.2 Å². The highest BCUT2D eigenvalue weighted by molar-refractivity contribution is 6.32. The molecule has 2 aromatic carbocycles. The van der Waals surface area contributed by atoms with Crippen LogP contribution in [0.4, 0.5) is 5.69 Å². The fourth-order valence-corrected chi connectivity index (χ4v) is 2.53. The molecule has 2 N–H and O–H groups in total. The van der Waals surface area contributed by atoms with E-state index in [0.29, 0.717) is 27.1 Å². The number of nitrogens with zero attached hydrogens (tertiary/aromatic N) is 1. The summed E-state index contributed by atoms with van der Waals surface area (Å²) < 4.78 is 0. The van der Waals surface area contributed by atoms with Gasteiger partial charge in [-0.25, -0.2) is 0 Å². The third-order valence-electron chi connectivity index (χ3n) is 3.46. The molecule has 1 amide bonds. The average molecular weight is 346 g/mol. The van der Waals surface area contributed by atoms with Gasteiger partial charge in [0.15, 0.2) is 0 Å². The maximum atomic E-state index is 12.3. The van der Waals surface area contributed by atoms with Crippen molar-refractivity contribution in [2.24, 2.45) is 0 Å². The van der Waals surface area contributed by atoms with E-state index in [4.69, 9.17) is 23.2 Å². The molecule has 0 saturated carbocycles. The lowest BCUT2D eigenvalue weighted by Crippen LogP contribution is -2.13. The highest BCUT2D eigenvalue weighted by Crippen LogP contribution is 2.24. The minimum Gasteiger partial charge on any atom is -0.320 e. The molecule has 0 fully saturated rings. The van der Waals surface area contributed by atoms with Gasteiger partial charge in [-0.1, -0.05) is 41.4 Å². The van der Waals surface area contributed by atoms with Gasteiger partial charge in [0.2, 0.25) is 0 Å². The van der Waals surface area contributed by atoms with E-state index >= 15 is 0 Å². The topological polar surface area (TPSA) is 57.8 Å². The number of hydrogen-bond acceptors (Lipinski definition) is 2. The lowest BCUT2D eigenvalue weighted by atomic mass is 10.1. The minimum atomic E-state index is -0.281. The summed E-state index contributed by atoms with van der Waals surface area (Å²) in [6.45, 7) is 1.85. The van der Waals surface area contributed by atoms with Crippen molar-refractivity contribution in [2.75, 3.05) is 5.32 Å². The summed E-state index contributed by atoms with van der Waals surface area (Å²) in [7, 11) is 0. The number of amides is 1. The van der Waals surface area contributed by atoms with Gasteiger partial charge in [-0.2, -0.15) is 5.10 Å². The van der Waals surface area contributed by atoms with Crippen LogP contribution in [0.2, 0.25) is 10.0 Å². The Balaban J connectivity index is 1.83. The van der Waals surface area contributed by atoms with E-state index in [1.807, 2.05) is 19.1 Å². The Morgan fingerprint density at radius 1 is 1.13 bits per heavy atom. The molecular formula is C17H13Cl2N3O. The highest BCUT2D eigenvalue weighted by atomic mass is 35.5. The van der Waals surface area contributed by atoms with Crippen LogP contribution in [-0.4, -0.2) is 16.1 Å². The van der Waals surface area contributed by atoms with Crippen LogP contribution in [0.5, 0.6) is 0 Å². The summed E-state index contributed by atoms with van der Waals surface area (Å²) in [5.41, 5.74) is 3.34. The number of carbonyl (C=O) groups is 1. The van der Waals surface area contributed by atoms with Crippen LogP contribution in [0, 0.1) is 6.92 Å². The number of anilines is 1. The first-order chi connectivity index (χ1) is 11.0. The molecule has 0 radical (unpaired) electrons. The Kier molecular flexibility index (Phi) is 4.37. The lowest BCUT2D eigenvalue weighted by Gasteiger charge is -2.08. The fraction of sp³-hybridized carbons (Fsp3) is 0.0588. The number of nitrogens with one attached hydrogen (secondary N) is 2. The van der Waals surface area contributed by atoms with Crippen LogP contribution in [-0.2, 0) is 0 Å². The van der Waals surface area contributed by atoms with Crippen molar-refractivity contribution in [2.45, 2.75) is 6.92 Å². The molecule has 0 saturated heterocycles. The van der Waals surface area contributed by atoms with Crippen molar-refractivity contribution < 1.29 is 4.79 Å². The quantitative estimate of drug-likeness (QED) is 0.705. The Labute approximate surface area is 143 Å². The first kappa shape index (κ1) is 15.6. The number of aromatic nitrogens is 2. The van der Waals surface area contributed by atoms with Crippen LogP contribution in [0.3, 0.4) is 0 Å². The van der Waals surface area contributed by atoms with Crippen molar-refractivity contribution in [3.63, 3.8) is 0 Å². The minimum absolute atomic E-state index is 0.281. The molecule has 4 nitrogen and oxygen atoms in total. The molecule has 0 unspecified atom stereocenters. The number of H-pyrrole nitrogens is 1. The molecule has 6 heteroatoms. The molecule has 0 spiro atoms. The van der Waals surface area contributed by atoms with E-state index in [9.17, 15) is 4.79 Å². The van der Waals surface area contributed by atoms with Crippen molar-refractivity contribution in [1.29, 1.82) is 0 Å². The van der Waals surface area contributed by atoms with Gasteiger partial charge in [0.05, 0.1) is 5.69 Å². The van der Waals surface area contributed by atoms with Crippen molar-refractivity contribution in [3.8, 4) is 11.3 Å². The molecule has 1 heterocycles. The second kappa shape index (κ2) is 6.44. The molecule has 23 heavy (non-hydrogen) atoms. The van der Waals surface area contributed by atoms with Crippen LogP contribution >= 0.6 is 23.2 Å². The second-order valence-corrected chi connectivity index (χ2v) is 5.89. The van der Waals surface area contributed by atoms with Crippen molar-refractivity contribution >= 4 is 34.8 Å². The number of benzene rings is 2. The van der Waals surface area contributed by atoms with Gasteiger partial charge in [-0.05, 0) is 42.8 Å². The Morgan fingerprint density at radius 3 is 2.70 bits per heavy atom. The standard InChI is InChI=1S/C17H13Cl2N3O/c1-10-13(19)6-3-7-14(10)20-17(23)16-9-15(21-22-16)11-4-2-5-12(18)8-11/h2-9H,1H3,(H,20,23)(H,21,22). The number of carbonyl (C=O) groups excluding carboxylic acids is 1. The highest BCUT2D eigenvalue weighted by Gasteiger charge is 2.13. The maximum absolute atomic E-state index is 12.3. The summed E-state index contributed by atoms with van der Waals surface area (Å²) in [5, 5.41) is 10.9. The molecule has 3 rings (SSSR count). The van der Waals surface area contributed by atoms with E-state index in [1.165, 1.54) is 0 Å². The van der Waals surface area contributed by atoms with E-state index in [2.05, 4.69) is 15.5 Å². The summed E-state index contributed by atoms with van der Waals surface area (Å²) >= 11 is 12.0. The normalized spacial score (nSPS) is 10.6. The van der Waals surface area contributed by atoms with Gasteiger partial charge in [-0.3, -0.25) is 9.89 Å². The number of halogens is 2. The molecule has 116 valence electrons. The van der Waals surface area contributed by atoms with Gasteiger partial charge in [0.25, 0.3) is 5.91 Å². The molecule has 0 aliphatic carbocycles. The SMILES string of the molecule is Cc1c(Cl)cccc1NC(=O)c1cc(-c2cccc(Cl)c2)n[nH]1. The second-order valence-electron chi connectivity index (χ2n) is 5.04. The van der Waals surface area contributed by atoms with E-state index in [0.717, 1.165) is 11.1 Å². The zero-order valence-corrected chi connectivity index (χ0v) is 13.7. The molecule has 3 aromatic rings. The summed E-state index contributed by atoms with van der Waals surface area (Å²) in [5.74, 6) is -0.281. The molecule has 0 bridgehead atoms. The molecule has 0 atom stereocenters. The number of rotatable bonds is 3. The van der Waals surface area contributed by atoms with Crippen LogP contribution in [0.1, 0.15) is 16.1 Å². The van der Waals surface area contributed by atoms with Gasteiger partial charge in [0.1, 0.15) is 5.69 Å². The fourth-order valence-electron chi connectivity index (χ4n) is 2.17. The average Bonchev–Trinajstić information content (AvgIpc) is 3.02. The zero-order valence-electron chi connectivity index (χ0n) is 12.2. The molecule has 0 aliphatic heterocycles. The summed E-state index contributed by atoms with van der Waals surface area (Å²) in [4.78, 5) is 12.3. The third-order valence-corrected chi connectivity index (χ3v) is 4.10. The van der Waals surface area contributed by atoms with E-state index in [1.54, 1.807) is 36.4 Å². The predicted octanol–water partition coefficient (Wildman–Crippen LogP) is 4.94. The predicted molar refractivity (Wildman–Crippen MR) is 93.2 cm³/mol. The Hall–Kier alpha value is -2.30. The molecule has 0 aliphatic rings. The third kappa shape index (κ3) is 3.38. The number of aromatic amines is 1. The monoisotopic (exact) mass is 345 g/mol. The van der Waals surface area contributed by atoms with Crippen LogP contribution < -0.4 is 5.32 Å². The maximum Gasteiger partial charge on any atom is 0.273 e. The van der Waals surface area contributed by atoms with Crippen LogP contribution in [0.25, 0.3) is 11.3 Å². The Bertz CT molecular complexity index is 874. The van der Waals surface area contributed by atoms with Gasteiger partial charge in [-0.15, -0.1) is 0 Å². The zero-order chi connectivity index (χ0) is 16.4. The van der Waals surface area contributed by atoms with Gasteiger partial charge >= 0.3 is 0 Å². The first-order valence-corrected chi connectivity index (χ1v) is 7.68.